The summed E-state index contributed by atoms with van der Waals surface area (Å²) in [6.07, 6.45) is 1.94. The number of aromatic nitrogens is 3. The van der Waals surface area contributed by atoms with Gasteiger partial charge in [0.2, 0.25) is 0 Å². The van der Waals surface area contributed by atoms with Gasteiger partial charge in [-0.15, -0.1) is 0 Å². The van der Waals surface area contributed by atoms with E-state index in [2.05, 4.69) is 34.0 Å². The minimum absolute atomic E-state index is 0.491. The SMILES string of the molecule is CCCc1cc(Cl)nc(-c2ccc3nc(C)ccc3c2)n1. The van der Waals surface area contributed by atoms with E-state index in [1.54, 1.807) is 0 Å². The quantitative estimate of drug-likeness (QED) is 0.663. The first-order chi connectivity index (χ1) is 10.2. The molecule has 1 aromatic carbocycles. The maximum atomic E-state index is 6.11. The Labute approximate surface area is 129 Å². The zero-order valence-electron chi connectivity index (χ0n) is 12.1. The molecule has 106 valence electrons. The van der Waals surface area contributed by atoms with Crippen LogP contribution in [0.2, 0.25) is 5.15 Å². The number of fused-ring (bicyclic) bond motifs is 1. The van der Waals surface area contributed by atoms with Crippen LogP contribution in [0.3, 0.4) is 0 Å². The Morgan fingerprint density at radius 1 is 1.00 bits per heavy atom. The third-order valence-corrected chi connectivity index (χ3v) is 3.53. The van der Waals surface area contributed by atoms with Crippen LogP contribution in [0.15, 0.2) is 36.4 Å². The monoisotopic (exact) mass is 297 g/mol. The summed E-state index contributed by atoms with van der Waals surface area (Å²) in [6, 6.07) is 12.0. The van der Waals surface area contributed by atoms with Crippen molar-refractivity contribution in [2.75, 3.05) is 0 Å². The van der Waals surface area contributed by atoms with E-state index in [1.165, 1.54) is 0 Å². The summed E-state index contributed by atoms with van der Waals surface area (Å²) >= 11 is 6.11. The van der Waals surface area contributed by atoms with Gasteiger partial charge < -0.3 is 0 Å². The van der Waals surface area contributed by atoms with Crippen molar-refractivity contribution in [3.63, 3.8) is 0 Å². The molecule has 3 nitrogen and oxygen atoms in total. The Morgan fingerprint density at radius 3 is 2.67 bits per heavy atom. The van der Waals surface area contributed by atoms with Gasteiger partial charge in [0.25, 0.3) is 0 Å². The molecule has 3 aromatic rings. The predicted octanol–water partition coefficient (Wildman–Crippen LogP) is 4.61. The first-order valence-corrected chi connectivity index (χ1v) is 7.45. The lowest BCUT2D eigenvalue weighted by Gasteiger charge is -2.06. The number of hydrogen-bond acceptors (Lipinski definition) is 3. The molecule has 0 atom stereocenters. The minimum Gasteiger partial charge on any atom is -0.253 e. The predicted molar refractivity (Wildman–Crippen MR) is 86.5 cm³/mol. The molecule has 0 bridgehead atoms. The summed E-state index contributed by atoms with van der Waals surface area (Å²) in [5.74, 6) is 0.674. The summed E-state index contributed by atoms with van der Waals surface area (Å²) < 4.78 is 0. The van der Waals surface area contributed by atoms with Gasteiger partial charge in [-0.05, 0) is 43.7 Å². The van der Waals surface area contributed by atoms with Gasteiger partial charge in [0.1, 0.15) is 5.15 Å². The van der Waals surface area contributed by atoms with Crippen molar-refractivity contribution >= 4 is 22.5 Å². The van der Waals surface area contributed by atoms with E-state index in [9.17, 15) is 0 Å². The molecule has 0 fully saturated rings. The number of halogens is 1. The van der Waals surface area contributed by atoms with E-state index in [-0.39, 0.29) is 0 Å². The fourth-order valence-electron chi connectivity index (χ4n) is 2.34. The molecule has 2 heterocycles. The van der Waals surface area contributed by atoms with Crippen molar-refractivity contribution in [1.29, 1.82) is 0 Å². The van der Waals surface area contributed by atoms with E-state index >= 15 is 0 Å². The van der Waals surface area contributed by atoms with Gasteiger partial charge in [-0.2, -0.15) is 0 Å². The molecule has 0 spiro atoms. The summed E-state index contributed by atoms with van der Waals surface area (Å²) in [5.41, 5.74) is 3.94. The zero-order chi connectivity index (χ0) is 14.8. The van der Waals surface area contributed by atoms with Crippen LogP contribution in [-0.2, 0) is 6.42 Å². The van der Waals surface area contributed by atoms with Crippen LogP contribution in [0, 0.1) is 6.92 Å². The number of aryl methyl sites for hydroxylation is 2. The highest BCUT2D eigenvalue weighted by atomic mass is 35.5. The molecule has 3 rings (SSSR count). The van der Waals surface area contributed by atoms with Crippen LogP contribution in [0.25, 0.3) is 22.3 Å². The minimum atomic E-state index is 0.491. The molecule has 0 radical (unpaired) electrons. The van der Waals surface area contributed by atoms with E-state index in [0.717, 1.165) is 40.7 Å². The molecule has 0 saturated heterocycles. The normalized spacial score (nSPS) is 11.0. The molecule has 21 heavy (non-hydrogen) atoms. The third-order valence-electron chi connectivity index (χ3n) is 3.34. The Morgan fingerprint density at radius 2 is 1.86 bits per heavy atom. The van der Waals surface area contributed by atoms with Crippen LogP contribution in [-0.4, -0.2) is 15.0 Å². The number of pyridine rings is 1. The first kappa shape index (κ1) is 14.0. The molecular formula is C17H16ClN3. The van der Waals surface area contributed by atoms with E-state index in [1.807, 2.05) is 31.2 Å². The van der Waals surface area contributed by atoms with Crippen molar-refractivity contribution in [3.8, 4) is 11.4 Å². The Balaban J connectivity index is 2.09. The van der Waals surface area contributed by atoms with Crippen molar-refractivity contribution in [3.05, 3.63) is 52.9 Å². The number of rotatable bonds is 3. The molecule has 0 saturated carbocycles. The largest absolute Gasteiger partial charge is 0.253 e. The first-order valence-electron chi connectivity index (χ1n) is 7.07. The molecule has 4 heteroatoms. The smallest absolute Gasteiger partial charge is 0.161 e. The van der Waals surface area contributed by atoms with Crippen molar-refractivity contribution in [1.82, 2.24) is 15.0 Å². The lowest BCUT2D eigenvalue weighted by atomic mass is 10.1. The lowest BCUT2D eigenvalue weighted by Crippen LogP contribution is -1.96. The Bertz CT molecular complexity index is 799. The third kappa shape index (κ3) is 3.03. The summed E-state index contributed by atoms with van der Waals surface area (Å²) in [7, 11) is 0. The molecule has 0 aliphatic carbocycles. The van der Waals surface area contributed by atoms with Crippen LogP contribution >= 0.6 is 11.6 Å². The molecule has 0 aliphatic rings. The van der Waals surface area contributed by atoms with Crippen molar-refractivity contribution in [2.24, 2.45) is 0 Å². The second kappa shape index (κ2) is 5.78. The molecule has 0 amide bonds. The average Bonchev–Trinajstić information content (AvgIpc) is 2.46. The second-order valence-corrected chi connectivity index (χ2v) is 5.50. The molecule has 0 unspecified atom stereocenters. The maximum Gasteiger partial charge on any atom is 0.161 e. The maximum absolute atomic E-state index is 6.11. The zero-order valence-corrected chi connectivity index (χ0v) is 12.9. The fraction of sp³-hybridized carbons (Fsp3) is 0.235. The van der Waals surface area contributed by atoms with Gasteiger partial charge in [0.05, 0.1) is 5.52 Å². The summed E-state index contributed by atoms with van der Waals surface area (Å²) in [6.45, 7) is 4.12. The van der Waals surface area contributed by atoms with Gasteiger partial charge in [-0.3, -0.25) is 4.98 Å². The summed E-state index contributed by atoms with van der Waals surface area (Å²) in [4.78, 5) is 13.5. The van der Waals surface area contributed by atoms with Crippen LogP contribution in [0.1, 0.15) is 24.7 Å². The molecule has 0 N–H and O–H groups in total. The summed E-state index contributed by atoms with van der Waals surface area (Å²) in [5, 5.41) is 1.57. The topological polar surface area (TPSA) is 38.7 Å². The van der Waals surface area contributed by atoms with E-state index in [4.69, 9.17) is 11.6 Å². The van der Waals surface area contributed by atoms with Gasteiger partial charge in [0, 0.05) is 22.3 Å². The van der Waals surface area contributed by atoms with Gasteiger partial charge in [-0.1, -0.05) is 31.0 Å². The highest BCUT2D eigenvalue weighted by Gasteiger charge is 2.07. The van der Waals surface area contributed by atoms with E-state index < -0.39 is 0 Å². The number of nitrogens with zero attached hydrogens (tertiary/aromatic N) is 3. The lowest BCUT2D eigenvalue weighted by molar-refractivity contribution is 0.875. The van der Waals surface area contributed by atoms with Crippen LogP contribution in [0.5, 0.6) is 0 Å². The molecule has 2 aromatic heterocycles. The van der Waals surface area contributed by atoms with Crippen molar-refractivity contribution in [2.45, 2.75) is 26.7 Å². The number of benzene rings is 1. The van der Waals surface area contributed by atoms with Crippen LogP contribution < -0.4 is 0 Å². The van der Waals surface area contributed by atoms with Gasteiger partial charge >= 0.3 is 0 Å². The molecule has 0 aliphatic heterocycles. The fourth-order valence-corrected chi connectivity index (χ4v) is 2.55. The standard InChI is InChI=1S/C17H16ClN3/c1-3-4-14-10-16(18)21-17(20-14)13-7-8-15-12(9-13)6-5-11(2)19-15/h5-10H,3-4H2,1-2H3. The van der Waals surface area contributed by atoms with Crippen molar-refractivity contribution < 1.29 is 0 Å². The highest BCUT2D eigenvalue weighted by molar-refractivity contribution is 6.29. The Kier molecular flexibility index (Phi) is 3.84. The van der Waals surface area contributed by atoms with E-state index in [0.29, 0.717) is 11.0 Å². The average molecular weight is 298 g/mol. The highest BCUT2D eigenvalue weighted by Crippen LogP contribution is 2.23. The molecular weight excluding hydrogens is 282 g/mol. The number of hydrogen-bond donors (Lipinski definition) is 0. The Hall–Kier alpha value is -2.00. The van der Waals surface area contributed by atoms with Crippen LogP contribution in [0.4, 0.5) is 0 Å². The van der Waals surface area contributed by atoms with Gasteiger partial charge in [0.15, 0.2) is 5.82 Å². The van der Waals surface area contributed by atoms with Gasteiger partial charge in [-0.25, -0.2) is 9.97 Å². The second-order valence-electron chi connectivity index (χ2n) is 5.12.